The fourth-order valence-corrected chi connectivity index (χ4v) is 6.09. The van der Waals surface area contributed by atoms with Crippen molar-refractivity contribution < 1.29 is 8.42 Å². The molecule has 1 aliphatic heterocycles. The molecular formula is C32H30N2O2S. The van der Waals surface area contributed by atoms with Crippen molar-refractivity contribution in [3.05, 3.63) is 150 Å². The summed E-state index contributed by atoms with van der Waals surface area (Å²) in [6.07, 6.45) is 6.82. The average Bonchev–Trinajstić information content (AvgIpc) is 2.94. The Labute approximate surface area is 219 Å². The minimum atomic E-state index is -3.93. The van der Waals surface area contributed by atoms with Gasteiger partial charge in [0.05, 0.1) is 10.9 Å². The molecule has 0 spiro atoms. The molecule has 4 aromatic carbocycles. The zero-order valence-corrected chi connectivity index (χ0v) is 21.8. The average molecular weight is 507 g/mol. The van der Waals surface area contributed by atoms with Gasteiger partial charge in [0.15, 0.2) is 0 Å². The van der Waals surface area contributed by atoms with Gasteiger partial charge in [-0.3, -0.25) is 0 Å². The van der Waals surface area contributed by atoms with Gasteiger partial charge in [-0.25, -0.2) is 12.7 Å². The fraction of sp³-hybridized carbons (Fsp3) is 0.125. The first-order valence-electron chi connectivity index (χ1n) is 12.5. The molecule has 0 saturated carbocycles. The number of hydrogen-bond acceptors (Lipinski definition) is 3. The largest absolute Gasteiger partial charge is 0.303 e. The highest BCUT2D eigenvalue weighted by Gasteiger charge is 2.38. The topological polar surface area (TPSA) is 40.6 Å². The van der Waals surface area contributed by atoms with Crippen LogP contribution in [0.25, 0.3) is 6.08 Å². The Morgan fingerprint density at radius 3 is 2.03 bits per heavy atom. The van der Waals surface area contributed by atoms with E-state index in [1.165, 1.54) is 5.56 Å². The van der Waals surface area contributed by atoms with Crippen molar-refractivity contribution in [3.8, 4) is 0 Å². The van der Waals surface area contributed by atoms with Crippen molar-refractivity contribution in [1.29, 1.82) is 0 Å². The van der Waals surface area contributed by atoms with Crippen LogP contribution in [-0.2, 0) is 16.4 Å². The highest BCUT2D eigenvalue weighted by molar-refractivity contribution is 7.89. The summed E-state index contributed by atoms with van der Waals surface area (Å²) in [5.41, 5.74) is 4.95. The molecule has 0 bridgehead atoms. The van der Waals surface area contributed by atoms with Gasteiger partial charge in [-0.15, -0.1) is 0 Å². The molecule has 0 aliphatic carbocycles. The van der Waals surface area contributed by atoms with Crippen molar-refractivity contribution in [2.24, 2.45) is 0 Å². The predicted molar refractivity (Wildman–Crippen MR) is 151 cm³/mol. The summed E-state index contributed by atoms with van der Waals surface area (Å²) in [5, 5.41) is 0. The van der Waals surface area contributed by atoms with E-state index in [-0.39, 0.29) is 4.90 Å². The summed E-state index contributed by atoms with van der Waals surface area (Å²) in [4.78, 5) is 2.20. The Morgan fingerprint density at radius 2 is 1.41 bits per heavy atom. The third-order valence-electron chi connectivity index (χ3n) is 6.58. The Kier molecular flexibility index (Phi) is 6.97. The quantitative estimate of drug-likeness (QED) is 0.275. The third kappa shape index (κ3) is 5.09. The van der Waals surface area contributed by atoms with E-state index in [1.54, 1.807) is 16.4 Å². The molecule has 0 fully saturated rings. The van der Waals surface area contributed by atoms with Crippen molar-refractivity contribution in [1.82, 2.24) is 4.31 Å². The minimum Gasteiger partial charge on any atom is -0.303 e. The van der Waals surface area contributed by atoms with Crippen LogP contribution < -0.4 is 4.90 Å². The van der Waals surface area contributed by atoms with Crippen molar-refractivity contribution >= 4 is 21.8 Å². The van der Waals surface area contributed by atoms with Gasteiger partial charge in [-0.2, -0.15) is 0 Å². The molecule has 5 heteroatoms. The zero-order chi connectivity index (χ0) is 25.8. The molecular weight excluding hydrogens is 476 g/mol. The molecule has 0 radical (unpaired) electrons. The second kappa shape index (κ2) is 10.5. The van der Waals surface area contributed by atoms with Crippen molar-refractivity contribution in [2.75, 3.05) is 4.90 Å². The molecule has 1 heterocycles. The van der Waals surface area contributed by atoms with Crippen LogP contribution in [0.2, 0.25) is 0 Å². The smallest absolute Gasteiger partial charge is 0.266 e. The first-order valence-corrected chi connectivity index (χ1v) is 13.9. The van der Waals surface area contributed by atoms with Gasteiger partial charge in [-0.1, -0.05) is 97.4 Å². The van der Waals surface area contributed by atoms with E-state index in [9.17, 15) is 8.42 Å². The molecule has 1 aliphatic rings. The number of nitrogens with zero attached hydrogens (tertiary/aromatic N) is 2. The first-order chi connectivity index (χ1) is 18.0. The van der Waals surface area contributed by atoms with Crippen LogP contribution in [0, 0.1) is 6.92 Å². The van der Waals surface area contributed by atoms with Crippen LogP contribution in [0.1, 0.15) is 35.2 Å². The Hall–Kier alpha value is -4.09. The monoisotopic (exact) mass is 506 g/mol. The van der Waals surface area contributed by atoms with E-state index in [1.807, 2.05) is 115 Å². The van der Waals surface area contributed by atoms with Gasteiger partial charge >= 0.3 is 0 Å². The zero-order valence-electron chi connectivity index (χ0n) is 21.0. The molecule has 5 rings (SSSR count). The lowest BCUT2D eigenvalue weighted by molar-refractivity contribution is 0.419. The van der Waals surface area contributed by atoms with E-state index in [4.69, 9.17) is 0 Å². The van der Waals surface area contributed by atoms with Gasteiger partial charge in [0.25, 0.3) is 10.0 Å². The lowest BCUT2D eigenvalue weighted by Gasteiger charge is -2.41. The lowest BCUT2D eigenvalue weighted by Crippen LogP contribution is -2.42. The summed E-state index contributed by atoms with van der Waals surface area (Å²) in [5.74, 6) is 0.562. The summed E-state index contributed by atoms with van der Waals surface area (Å²) in [6.45, 7) is 4.08. The highest BCUT2D eigenvalue weighted by Crippen LogP contribution is 2.40. The van der Waals surface area contributed by atoms with Crippen molar-refractivity contribution in [3.63, 3.8) is 0 Å². The Balaban J connectivity index is 1.75. The predicted octanol–water partition coefficient (Wildman–Crippen LogP) is 7.32. The first kappa shape index (κ1) is 24.6. The molecule has 0 aromatic heterocycles. The second-order valence-corrected chi connectivity index (χ2v) is 10.9. The molecule has 4 nitrogen and oxygen atoms in total. The van der Waals surface area contributed by atoms with E-state index < -0.39 is 16.1 Å². The molecule has 0 saturated heterocycles. The number of hydrogen-bond donors (Lipinski definition) is 0. The second-order valence-electron chi connectivity index (χ2n) is 9.11. The number of sulfonamides is 1. The van der Waals surface area contributed by atoms with Crippen LogP contribution in [0.5, 0.6) is 0 Å². The summed E-state index contributed by atoms with van der Waals surface area (Å²) >= 11 is 0. The molecule has 1 unspecified atom stereocenters. The maximum atomic E-state index is 14.4. The molecule has 0 amide bonds. The van der Waals surface area contributed by atoms with Crippen LogP contribution >= 0.6 is 0 Å². The van der Waals surface area contributed by atoms with E-state index >= 15 is 0 Å². The normalized spacial score (nSPS) is 16.8. The van der Waals surface area contributed by atoms with Gasteiger partial charge in [0, 0.05) is 11.9 Å². The van der Waals surface area contributed by atoms with Crippen LogP contribution in [-0.4, -0.2) is 12.7 Å². The number of benzene rings is 4. The van der Waals surface area contributed by atoms with Crippen molar-refractivity contribution in [2.45, 2.75) is 31.2 Å². The summed E-state index contributed by atoms with van der Waals surface area (Å²) < 4.78 is 30.3. The summed E-state index contributed by atoms with van der Waals surface area (Å²) in [6, 6.07) is 34.4. The maximum absolute atomic E-state index is 14.4. The molecule has 0 N–H and O–H groups in total. The molecule has 37 heavy (non-hydrogen) atoms. The van der Waals surface area contributed by atoms with Crippen LogP contribution in [0.15, 0.2) is 132 Å². The summed E-state index contributed by atoms with van der Waals surface area (Å²) in [7, 11) is -3.93. The number of anilines is 1. The van der Waals surface area contributed by atoms with E-state index in [2.05, 4.69) is 19.1 Å². The van der Waals surface area contributed by atoms with Crippen LogP contribution in [0.3, 0.4) is 0 Å². The van der Waals surface area contributed by atoms with E-state index in [0.29, 0.717) is 5.82 Å². The standard InChI is InChI=1S/C32H30N2O2S/c1-3-26-16-18-27(19-17-26)24-32-33(29-12-8-5-9-13-29)23-22-31(28-10-6-4-7-11-28)34(32)37(35,36)30-20-14-25(2)15-21-30/h4-24,31H,3H2,1-2H3/b32-24+. The number of aryl methyl sites for hydroxylation is 2. The number of rotatable bonds is 6. The molecule has 186 valence electrons. The third-order valence-corrected chi connectivity index (χ3v) is 8.38. The number of para-hydroxylation sites is 1. The Morgan fingerprint density at radius 1 is 0.784 bits per heavy atom. The fourth-order valence-electron chi connectivity index (χ4n) is 4.50. The molecule has 4 aromatic rings. The SMILES string of the molecule is CCc1ccc(/C=C2\N(c3ccccc3)C=CC(c3ccccc3)N2S(=O)(=O)c2ccc(C)cc2)cc1. The van der Waals surface area contributed by atoms with Gasteiger partial charge < -0.3 is 4.90 Å². The lowest BCUT2D eigenvalue weighted by atomic mass is 10.0. The Bertz CT molecular complexity index is 1510. The van der Waals surface area contributed by atoms with Gasteiger partial charge in [0.1, 0.15) is 5.82 Å². The maximum Gasteiger partial charge on any atom is 0.266 e. The van der Waals surface area contributed by atoms with Gasteiger partial charge in [-0.05, 0) is 66.5 Å². The van der Waals surface area contributed by atoms with Crippen LogP contribution in [0.4, 0.5) is 5.69 Å². The van der Waals surface area contributed by atoms with Gasteiger partial charge in [0.2, 0.25) is 0 Å². The minimum absolute atomic E-state index is 0.259. The molecule has 1 atom stereocenters. The highest BCUT2D eigenvalue weighted by atomic mass is 32.2. The van der Waals surface area contributed by atoms with E-state index in [0.717, 1.165) is 28.8 Å².